The van der Waals surface area contributed by atoms with Crippen molar-refractivity contribution in [1.82, 2.24) is 10.2 Å². The summed E-state index contributed by atoms with van der Waals surface area (Å²) in [5.74, 6) is 2.69. The fraction of sp³-hybridized carbons (Fsp3) is 0.818. The second-order valence-electron chi connectivity index (χ2n) is 3.72. The molecule has 1 heterocycles. The van der Waals surface area contributed by atoms with E-state index in [9.17, 15) is 0 Å². The molecule has 1 saturated heterocycles. The van der Waals surface area contributed by atoms with Crippen LogP contribution in [0.1, 0.15) is 26.7 Å². The summed E-state index contributed by atoms with van der Waals surface area (Å²) >= 11 is 0. The van der Waals surface area contributed by atoms with Gasteiger partial charge in [-0.05, 0) is 32.9 Å². The van der Waals surface area contributed by atoms with Crippen LogP contribution in [0.4, 0.5) is 0 Å². The highest BCUT2D eigenvalue weighted by molar-refractivity contribution is 4.96. The van der Waals surface area contributed by atoms with Crippen LogP contribution in [0.15, 0.2) is 0 Å². The minimum Gasteiger partial charge on any atom is -0.302 e. The Morgan fingerprint density at radius 2 is 2.46 bits per heavy atom. The third kappa shape index (κ3) is 3.02. The van der Waals surface area contributed by atoms with E-state index < -0.39 is 0 Å². The lowest BCUT2D eigenvalue weighted by atomic mass is 10.2. The molecule has 0 aromatic rings. The molecular weight excluding hydrogens is 160 g/mol. The van der Waals surface area contributed by atoms with Gasteiger partial charge in [0.25, 0.3) is 0 Å². The van der Waals surface area contributed by atoms with E-state index in [1.54, 1.807) is 0 Å². The summed E-state index contributed by atoms with van der Waals surface area (Å²) in [5.41, 5.74) is 0. The Morgan fingerprint density at radius 1 is 1.69 bits per heavy atom. The topological polar surface area (TPSA) is 15.3 Å². The minimum absolute atomic E-state index is 0.208. The highest BCUT2D eigenvalue weighted by atomic mass is 15.2. The van der Waals surface area contributed by atoms with Crippen molar-refractivity contribution < 1.29 is 0 Å². The molecule has 0 radical (unpaired) electrons. The zero-order valence-electron chi connectivity index (χ0n) is 8.71. The molecule has 1 fully saturated rings. The Morgan fingerprint density at radius 3 is 3.08 bits per heavy atom. The molecule has 0 aromatic carbocycles. The van der Waals surface area contributed by atoms with E-state index in [-0.39, 0.29) is 6.04 Å². The summed E-state index contributed by atoms with van der Waals surface area (Å²) in [6, 6.07) is 0.917. The van der Waals surface area contributed by atoms with Gasteiger partial charge >= 0.3 is 0 Å². The van der Waals surface area contributed by atoms with Gasteiger partial charge in [0.15, 0.2) is 0 Å². The standard InChI is InChI=1S/C11H20N2/c1-4-10(3)12-9-11-7-6-8-13(11)5-2/h1,10-12H,5-9H2,2-3H3. The van der Waals surface area contributed by atoms with Crippen molar-refractivity contribution in [3.63, 3.8) is 0 Å². The van der Waals surface area contributed by atoms with Crippen molar-refractivity contribution in [2.24, 2.45) is 0 Å². The summed E-state index contributed by atoms with van der Waals surface area (Å²) in [6.07, 6.45) is 7.95. The minimum atomic E-state index is 0.208. The van der Waals surface area contributed by atoms with E-state index in [0.717, 1.165) is 13.1 Å². The van der Waals surface area contributed by atoms with Crippen molar-refractivity contribution in [3.8, 4) is 12.3 Å². The maximum absolute atomic E-state index is 5.30. The highest BCUT2D eigenvalue weighted by Gasteiger charge is 2.22. The largest absolute Gasteiger partial charge is 0.302 e. The van der Waals surface area contributed by atoms with Crippen molar-refractivity contribution in [2.45, 2.75) is 38.8 Å². The fourth-order valence-electron chi connectivity index (χ4n) is 1.91. The van der Waals surface area contributed by atoms with Crippen molar-refractivity contribution in [2.75, 3.05) is 19.6 Å². The van der Waals surface area contributed by atoms with Gasteiger partial charge in [-0.25, -0.2) is 0 Å². The molecule has 2 unspecified atom stereocenters. The second-order valence-corrected chi connectivity index (χ2v) is 3.72. The predicted octanol–water partition coefficient (Wildman–Crippen LogP) is 1.08. The van der Waals surface area contributed by atoms with Crippen LogP contribution < -0.4 is 5.32 Å². The van der Waals surface area contributed by atoms with Crippen LogP contribution in [-0.2, 0) is 0 Å². The molecule has 1 aliphatic heterocycles. The number of likely N-dealkylation sites (N-methyl/N-ethyl adjacent to an activating group) is 1. The number of hydrogen-bond acceptors (Lipinski definition) is 2. The Kier molecular flexibility index (Phi) is 4.27. The maximum Gasteiger partial charge on any atom is 0.0658 e. The number of rotatable bonds is 4. The molecule has 2 heteroatoms. The van der Waals surface area contributed by atoms with E-state index in [1.807, 2.05) is 6.92 Å². The molecule has 2 nitrogen and oxygen atoms in total. The van der Waals surface area contributed by atoms with E-state index >= 15 is 0 Å². The lowest BCUT2D eigenvalue weighted by molar-refractivity contribution is 0.258. The highest BCUT2D eigenvalue weighted by Crippen LogP contribution is 2.15. The monoisotopic (exact) mass is 180 g/mol. The van der Waals surface area contributed by atoms with E-state index in [2.05, 4.69) is 23.1 Å². The molecule has 13 heavy (non-hydrogen) atoms. The molecule has 74 valence electrons. The average molecular weight is 180 g/mol. The molecule has 0 spiro atoms. The van der Waals surface area contributed by atoms with Gasteiger partial charge in [0.1, 0.15) is 0 Å². The average Bonchev–Trinajstić information content (AvgIpc) is 2.61. The smallest absolute Gasteiger partial charge is 0.0658 e. The molecule has 2 atom stereocenters. The summed E-state index contributed by atoms with van der Waals surface area (Å²) in [7, 11) is 0. The number of likely N-dealkylation sites (tertiary alicyclic amines) is 1. The predicted molar refractivity (Wildman–Crippen MR) is 56.6 cm³/mol. The molecule has 0 aromatic heterocycles. The molecule has 0 bridgehead atoms. The van der Waals surface area contributed by atoms with Gasteiger partial charge in [0.2, 0.25) is 0 Å². The molecule has 0 aliphatic carbocycles. The van der Waals surface area contributed by atoms with Crippen LogP contribution in [0.25, 0.3) is 0 Å². The van der Waals surface area contributed by atoms with Gasteiger partial charge in [-0.3, -0.25) is 4.90 Å². The normalized spacial score (nSPS) is 25.8. The van der Waals surface area contributed by atoms with Crippen LogP contribution in [0, 0.1) is 12.3 Å². The van der Waals surface area contributed by atoms with Crippen molar-refractivity contribution >= 4 is 0 Å². The Balaban J connectivity index is 2.24. The number of terminal acetylenes is 1. The van der Waals surface area contributed by atoms with E-state index in [0.29, 0.717) is 6.04 Å². The van der Waals surface area contributed by atoms with Gasteiger partial charge < -0.3 is 5.32 Å². The molecule has 1 N–H and O–H groups in total. The van der Waals surface area contributed by atoms with Gasteiger partial charge in [-0.1, -0.05) is 12.8 Å². The quantitative estimate of drug-likeness (QED) is 0.651. The van der Waals surface area contributed by atoms with Gasteiger partial charge in [0, 0.05) is 12.6 Å². The lowest BCUT2D eigenvalue weighted by Crippen LogP contribution is -2.40. The third-order valence-corrected chi connectivity index (χ3v) is 2.81. The van der Waals surface area contributed by atoms with Crippen LogP contribution in [0.3, 0.4) is 0 Å². The first kappa shape index (κ1) is 10.6. The SMILES string of the molecule is C#CC(C)NCC1CCCN1CC. The summed E-state index contributed by atoms with van der Waals surface area (Å²) in [5, 5.41) is 3.36. The first-order chi connectivity index (χ1) is 6.27. The zero-order valence-corrected chi connectivity index (χ0v) is 8.71. The van der Waals surface area contributed by atoms with E-state index in [4.69, 9.17) is 6.42 Å². The van der Waals surface area contributed by atoms with Crippen LogP contribution in [-0.4, -0.2) is 36.6 Å². The molecule has 1 rings (SSSR count). The van der Waals surface area contributed by atoms with Gasteiger partial charge in [-0.15, -0.1) is 6.42 Å². The lowest BCUT2D eigenvalue weighted by Gasteiger charge is -2.23. The Hall–Kier alpha value is -0.520. The van der Waals surface area contributed by atoms with Crippen molar-refractivity contribution in [1.29, 1.82) is 0 Å². The maximum atomic E-state index is 5.30. The molecular formula is C11H20N2. The van der Waals surface area contributed by atoms with Gasteiger partial charge in [0.05, 0.1) is 6.04 Å². The number of nitrogens with zero attached hydrogens (tertiary/aromatic N) is 1. The van der Waals surface area contributed by atoms with Crippen molar-refractivity contribution in [3.05, 3.63) is 0 Å². The summed E-state index contributed by atoms with van der Waals surface area (Å²) in [6.45, 7) is 7.72. The number of hydrogen-bond donors (Lipinski definition) is 1. The number of nitrogens with one attached hydrogen (secondary N) is 1. The summed E-state index contributed by atoms with van der Waals surface area (Å²) < 4.78 is 0. The second kappa shape index (κ2) is 5.26. The first-order valence-corrected chi connectivity index (χ1v) is 5.21. The van der Waals surface area contributed by atoms with Crippen LogP contribution in [0.5, 0.6) is 0 Å². The Bertz CT molecular complexity index is 183. The molecule has 0 saturated carbocycles. The summed E-state index contributed by atoms with van der Waals surface area (Å²) in [4.78, 5) is 2.52. The molecule has 1 aliphatic rings. The zero-order chi connectivity index (χ0) is 9.68. The van der Waals surface area contributed by atoms with Gasteiger partial charge in [-0.2, -0.15) is 0 Å². The first-order valence-electron chi connectivity index (χ1n) is 5.21. The Labute approximate surface area is 81.7 Å². The third-order valence-electron chi connectivity index (χ3n) is 2.81. The van der Waals surface area contributed by atoms with Crippen LogP contribution in [0.2, 0.25) is 0 Å². The van der Waals surface area contributed by atoms with E-state index in [1.165, 1.54) is 19.4 Å². The molecule has 0 amide bonds. The van der Waals surface area contributed by atoms with Crippen LogP contribution >= 0.6 is 0 Å². The fourth-order valence-corrected chi connectivity index (χ4v) is 1.91.